The summed E-state index contributed by atoms with van der Waals surface area (Å²) in [5.74, 6) is -5.38. The van der Waals surface area contributed by atoms with Crippen molar-refractivity contribution in [2.75, 3.05) is 6.54 Å². The van der Waals surface area contributed by atoms with E-state index in [0.29, 0.717) is 0 Å². The van der Waals surface area contributed by atoms with Crippen molar-refractivity contribution >= 4 is 19.5 Å². The quantitative estimate of drug-likeness (QED) is 0.338. The lowest BCUT2D eigenvalue weighted by molar-refractivity contribution is -0.138. The SMILES string of the molecule is O=C(O)CNC(C(=O)O)P(=O)(O)O. The molecule has 0 aliphatic heterocycles. The number of carboxylic acids is 2. The molecular weight excluding hydrogens is 205 g/mol. The van der Waals surface area contributed by atoms with E-state index in [2.05, 4.69) is 0 Å². The summed E-state index contributed by atoms with van der Waals surface area (Å²) in [5, 5.41) is 18.1. The number of aliphatic carboxylic acids is 2. The molecule has 0 aliphatic rings. The van der Waals surface area contributed by atoms with Gasteiger partial charge >= 0.3 is 19.5 Å². The van der Waals surface area contributed by atoms with Gasteiger partial charge in [-0.15, -0.1) is 0 Å². The first-order valence-corrected chi connectivity index (χ1v) is 4.66. The molecule has 0 fully saturated rings. The molecule has 0 aromatic rings. The van der Waals surface area contributed by atoms with Crippen LogP contribution in [0.1, 0.15) is 0 Å². The second kappa shape index (κ2) is 4.33. The highest BCUT2D eigenvalue weighted by Crippen LogP contribution is 2.39. The molecular formula is C4H8NO7P. The molecule has 8 nitrogen and oxygen atoms in total. The maximum Gasteiger partial charge on any atom is 0.353 e. The Morgan fingerprint density at radius 1 is 1.31 bits per heavy atom. The van der Waals surface area contributed by atoms with Gasteiger partial charge in [0.15, 0.2) is 0 Å². The zero-order valence-corrected chi connectivity index (χ0v) is 7.14. The molecule has 0 rings (SSSR count). The van der Waals surface area contributed by atoms with Gasteiger partial charge in [0, 0.05) is 0 Å². The van der Waals surface area contributed by atoms with Gasteiger partial charge in [0.2, 0.25) is 5.78 Å². The maximum absolute atomic E-state index is 10.4. The van der Waals surface area contributed by atoms with E-state index < -0.39 is 31.9 Å². The van der Waals surface area contributed by atoms with Gasteiger partial charge in [-0.25, -0.2) is 4.79 Å². The van der Waals surface area contributed by atoms with Crippen molar-refractivity contribution in [1.29, 1.82) is 0 Å². The summed E-state index contributed by atoms with van der Waals surface area (Å²) in [4.78, 5) is 37.0. The number of carbonyl (C=O) groups is 2. The van der Waals surface area contributed by atoms with E-state index in [9.17, 15) is 14.2 Å². The summed E-state index contributed by atoms with van der Waals surface area (Å²) in [5.41, 5.74) is 0. The monoisotopic (exact) mass is 213 g/mol. The van der Waals surface area contributed by atoms with Gasteiger partial charge < -0.3 is 20.0 Å². The van der Waals surface area contributed by atoms with Crippen LogP contribution in [0, 0.1) is 0 Å². The molecule has 0 heterocycles. The first-order valence-electron chi connectivity index (χ1n) is 2.98. The van der Waals surface area contributed by atoms with Crippen molar-refractivity contribution < 1.29 is 34.2 Å². The van der Waals surface area contributed by atoms with Crippen molar-refractivity contribution in [2.24, 2.45) is 0 Å². The van der Waals surface area contributed by atoms with Gasteiger partial charge in [-0.3, -0.25) is 14.7 Å². The van der Waals surface area contributed by atoms with Gasteiger partial charge in [-0.05, 0) is 0 Å². The predicted molar refractivity (Wildman–Crippen MR) is 39.1 cm³/mol. The molecule has 0 saturated heterocycles. The van der Waals surface area contributed by atoms with Crippen molar-refractivity contribution in [3.8, 4) is 0 Å². The van der Waals surface area contributed by atoms with Crippen molar-refractivity contribution in [3.05, 3.63) is 0 Å². The standard InChI is InChI=1S/C4H8NO7P/c6-2(7)1-5-3(4(8)9)13(10,11)12/h3,5H,1H2,(H,6,7)(H,8,9)(H2,10,11,12). The average molecular weight is 213 g/mol. The number of carboxylic acid groups (broad SMARTS) is 2. The number of rotatable bonds is 5. The minimum absolute atomic E-state index is 0.831. The zero-order valence-electron chi connectivity index (χ0n) is 6.25. The Balaban J connectivity index is 4.38. The fourth-order valence-electron chi connectivity index (χ4n) is 0.534. The van der Waals surface area contributed by atoms with Crippen molar-refractivity contribution in [1.82, 2.24) is 5.32 Å². The highest BCUT2D eigenvalue weighted by molar-refractivity contribution is 7.53. The zero-order chi connectivity index (χ0) is 10.6. The maximum atomic E-state index is 10.4. The summed E-state index contributed by atoms with van der Waals surface area (Å²) in [6.45, 7) is -0.831. The molecule has 0 radical (unpaired) electrons. The average Bonchev–Trinajstić information content (AvgIpc) is 1.81. The number of hydrogen-bond acceptors (Lipinski definition) is 4. The normalized spacial score (nSPS) is 13.7. The van der Waals surface area contributed by atoms with Crippen LogP contribution in [0.4, 0.5) is 0 Å². The van der Waals surface area contributed by atoms with E-state index >= 15 is 0 Å². The Morgan fingerprint density at radius 2 is 1.77 bits per heavy atom. The lowest BCUT2D eigenvalue weighted by Gasteiger charge is -2.13. The summed E-state index contributed by atoms with van der Waals surface area (Å²) in [7, 11) is -4.86. The molecule has 0 bridgehead atoms. The molecule has 0 saturated carbocycles. The van der Waals surface area contributed by atoms with Crippen LogP contribution >= 0.6 is 7.60 Å². The lowest BCUT2D eigenvalue weighted by atomic mass is 10.6. The Hall–Kier alpha value is -0.950. The Morgan fingerprint density at radius 3 is 2.00 bits per heavy atom. The summed E-state index contributed by atoms with van der Waals surface area (Å²) in [6.07, 6.45) is 0. The highest BCUT2D eigenvalue weighted by atomic mass is 31.2. The Bertz CT molecular complexity index is 257. The second-order valence-corrected chi connectivity index (χ2v) is 3.80. The third kappa shape index (κ3) is 4.58. The van der Waals surface area contributed by atoms with Crippen LogP contribution in [0.5, 0.6) is 0 Å². The predicted octanol–water partition coefficient (Wildman–Crippen LogP) is -1.75. The lowest BCUT2D eigenvalue weighted by Crippen LogP contribution is -2.39. The number of hydrogen-bond donors (Lipinski definition) is 5. The van der Waals surface area contributed by atoms with Gasteiger partial charge in [-0.2, -0.15) is 0 Å². The van der Waals surface area contributed by atoms with Crippen molar-refractivity contribution in [2.45, 2.75) is 5.78 Å². The largest absolute Gasteiger partial charge is 0.480 e. The molecule has 13 heavy (non-hydrogen) atoms. The van der Waals surface area contributed by atoms with Crippen LogP contribution in [0.25, 0.3) is 0 Å². The second-order valence-electron chi connectivity index (χ2n) is 2.10. The van der Waals surface area contributed by atoms with E-state index in [4.69, 9.17) is 20.0 Å². The van der Waals surface area contributed by atoms with Gasteiger partial charge in [0.05, 0.1) is 6.54 Å². The molecule has 76 valence electrons. The third-order valence-electron chi connectivity index (χ3n) is 1.02. The van der Waals surface area contributed by atoms with E-state index in [0.717, 1.165) is 0 Å². The van der Waals surface area contributed by atoms with Crippen LogP contribution in [-0.4, -0.2) is 44.3 Å². The van der Waals surface area contributed by atoms with Crippen LogP contribution < -0.4 is 5.32 Å². The molecule has 0 aliphatic carbocycles. The minimum Gasteiger partial charge on any atom is -0.480 e. The Labute approximate surface area is 72.3 Å². The smallest absolute Gasteiger partial charge is 0.353 e. The van der Waals surface area contributed by atoms with Crippen LogP contribution in [-0.2, 0) is 14.2 Å². The van der Waals surface area contributed by atoms with Crippen LogP contribution in [0.2, 0.25) is 0 Å². The fraction of sp³-hybridized carbons (Fsp3) is 0.500. The van der Waals surface area contributed by atoms with Crippen LogP contribution in [0.3, 0.4) is 0 Å². The molecule has 9 heteroatoms. The summed E-state index contributed by atoms with van der Waals surface area (Å²) < 4.78 is 10.4. The fourth-order valence-corrected chi connectivity index (χ4v) is 1.15. The van der Waals surface area contributed by atoms with Crippen LogP contribution in [0.15, 0.2) is 0 Å². The first-order chi connectivity index (χ1) is 5.75. The van der Waals surface area contributed by atoms with E-state index in [1.807, 2.05) is 0 Å². The summed E-state index contributed by atoms with van der Waals surface area (Å²) >= 11 is 0. The first kappa shape index (κ1) is 12.0. The van der Waals surface area contributed by atoms with E-state index in [1.165, 1.54) is 0 Å². The molecule has 1 atom stereocenters. The molecule has 5 N–H and O–H groups in total. The molecule has 0 aromatic carbocycles. The van der Waals surface area contributed by atoms with Gasteiger partial charge in [0.1, 0.15) is 0 Å². The van der Waals surface area contributed by atoms with E-state index in [-0.39, 0.29) is 0 Å². The highest BCUT2D eigenvalue weighted by Gasteiger charge is 2.35. The third-order valence-corrected chi connectivity index (χ3v) is 2.09. The topological polar surface area (TPSA) is 144 Å². The molecule has 0 aromatic heterocycles. The van der Waals surface area contributed by atoms with Gasteiger partial charge in [0.25, 0.3) is 0 Å². The Kier molecular flexibility index (Phi) is 4.02. The minimum atomic E-state index is -4.86. The summed E-state index contributed by atoms with van der Waals surface area (Å²) in [6, 6.07) is 0. The number of nitrogens with one attached hydrogen (secondary N) is 1. The molecule has 0 amide bonds. The molecule has 1 unspecified atom stereocenters. The van der Waals surface area contributed by atoms with E-state index in [1.54, 1.807) is 5.32 Å². The van der Waals surface area contributed by atoms with Gasteiger partial charge in [-0.1, -0.05) is 0 Å². The van der Waals surface area contributed by atoms with Crippen molar-refractivity contribution in [3.63, 3.8) is 0 Å². The molecule has 0 spiro atoms.